The molecule has 0 spiro atoms. The minimum atomic E-state index is -0.516. The number of carbonyl (C=O) groups excluding carboxylic acids is 3. The van der Waals surface area contributed by atoms with Gasteiger partial charge in [-0.3, -0.25) is 14.4 Å². The molecule has 1 aliphatic heterocycles. The predicted octanol–water partition coefficient (Wildman–Crippen LogP) is 7.21. The monoisotopic (exact) mass is 616 g/mol. The van der Waals surface area contributed by atoms with Gasteiger partial charge in [0.15, 0.2) is 0 Å². The highest BCUT2D eigenvalue weighted by Gasteiger charge is 2.45. The number of anilines is 2. The number of Topliss-reactive ketones (excluding diaryl/α,β-unsaturated/α-hetero) is 1. The molecule has 46 heavy (non-hydrogen) atoms. The Morgan fingerprint density at radius 1 is 0.913 bits per heavy atom. The zero-order chi connectivity index (χ0) is 32.4. The summed E-state index contributed by atoms with van der Waals surface area (Å²) < 4.78 is 0. The fraction of sp³-hybridized carbons (Fsp3) is 0.316. The van der Waals surface area contributed by atoms with Crippen LogP contribution in [0.1, 0.15) is 75.6 Å². The van der Waals surface area contributed by atoms with Crippen LogP contribution in [0.15, 0.2) is 101 Å². The number of aliphatic hydroxyl groups excluding tert-OH is 1. The highest BCUT2D eigenvalue weighted by atomic mass is 16.3. The lowest BCUT2D eigenvalue weighted by Crippen LogP contribution is -2.32. The number of rotatable bonds is 10. The maximum Gasteiger partial charge on any atom is 0.277 e. The van der Waals surface area contributed by atoms with Gasteiger partial charge in [0.05, 0.1) is 28.1 Å². The van der Waals surface area contributed by atoms with Crippen LogP contribution in [0.3, 0.4) is 0 Å². The number of carbonyl (C=O) groups is 3. The average Bonchev–Trinajstić information content (AvgIpc) is 3.67. The first-order chi connectivity index (χ1) is 22.3. The summed E-state index contributed by atoms with van der Waals surface area (Å²) in [6, 6.07) is 24.2. The van der Waals surface area contributed by atoms with Crippen LogP contribution in [-0.4, -0.2) is 46.5 Å². The Morgan fingerprint density at radius 2 is 1.52 bits per heavy atom. The van der Waals surface area contributed by atoms with Crippen molar-refractivity contribution in [3.63, 3.8) is 0 Å². The Morgan fingerprint density at radius 3 is 2.09 bits per heavy atom. The van der Waals surface area contributed by atoms with E-state index in [-0.39, 0.29) is 28.4 Å². The van der Waals surface area contributed by atoms with Gasteiger partial charge in [-0.25, -0.2) is 5.01 Å². The Hall–Kier alpha value is -4.98. The van der Waals surface area contributed by atoms with E-state index in [4.69, 9.17) is 0 Å². The summed E-state index contributed by atoms with van der Waals surface area (Å²) in [5, 5.41) is 20.5. The number of allylic oxidation sites excluding steroid dienone is 2. The molecule has 0 unspecified atom stereocenters. The Balaban J connectivity index is 1.37. The van der Waals surface area contributed by atoms with Gasteiger partial charge in [-0.15, -0.1) is 0 Å². The molecule has 2 N–H and O–H groups in total. The number of nitrogens with zero attached hydrogens (tertiary/aromatic N) is 3. The molecule has 1 saturated carbocycles. The van der Waals surface area contributed by atoms with Crippen molar-refractivity contribution in [1.29, 1.82) is 0 Å². The van der Waals surface area contributed by atoms with Gasteiger partial charge in [0.2, 0.25) is 11.7 Å². The summed E-state index contributed by atoms with van der Waals surface area (Å²) in [7, 11) is 0. The standard InChI is InChI=1S/C38H40N4O4/c1-4-41(5-2)28-20-21-29(30(23-28)39-31(43)22-25-14-12-13-15-25)33-36(44)34(37(33)45)32-24(3)40-42(38(32)46)35(26-16-8-6-9-17-26)27-18-10-7-11-19-27/h6-11,16-21,23,25,35,44H,4-5,12-15,22H2,1-3H3,(H,39,43). The van der Waals surface area contributed by atoms with Crippen LogP contribution in [0.25, 0.3) is 5.57 Å². The second kappa shape index (κ2) is 13.2. The molecule has 3 aromatic rings. The first-order valence-electron chi connectivity index (χ1n) is 16.2. The van der Waals surface area contributed by atoms with Crippen molar-refractivity contribution >= 4 is 40.3 Å². The summed E-state index contributed by atoms with van der Waals surface area (Å²) >= 11 is 0. The molecule has 0 bridgehead atoms. The van der Waals surface area contributed by atoms with Crippen molar-refractivity contribution in [1.82, 2.24) is 5.01 Å². The smallest absolute Gasteiger partial charge is 0.277 e. The zero-order valence-electron chi connectivity index (χ0n) is 26.6. The number of aliphatic hydroxyl groups is 1. The van der Waals surface area contributed by atoms with Crippen molar-refractivity contribution in [3.05, 3.63) is 112 Å². The molecular weight excluding hydrogens is 576 g/mol. The Bertz CT molecular complexity index is 1710. The normalized spacial score (nSPS) is 18.3. The van der Waals surface area contributed by atoms with Gasteiger partial charge in [-0.05, 0) is 68.9 Å². The molecule has 3 aliphatic rings. The molecule has 3 aromatic carbocycles. The first kappa shape index (κ1) is 31.0. The molecule has 0 atom stereocenters. The summed E-state index contributed by atoms with van der Waals surface area (Å²) in [6.45, 7) is 7.35. The second-order valence-corrected chi connectivity index (χ2v) is 12.2. The van der Waals surface area contributed by atoms with Gasteiger partial charge < -0.3 is 15.3 Å². The van der Waals surface area contributed by atoms with E-state index >= 15 is 0 Å². The zero-order valence-corrected chi connectivity index (χ0v) is 26.6. The minimum Gasteiger partial charge on any atom is -0.506 e. The van der Waals surface area contributed by atoms with E-state index in [1.165, 1.54) is 5.01 Å². The average molecular weight is 617 g/mol. The van der Waals surface area contributed by atoms with Crippen LogP contribution >= 0.6 is 0 Å². The molecular formula is C38H40N4O4. The van der Waals surface area contributed by atoms with Crippen LogP contribution in [0.4, 0.5) is 11.4 Å². The highest BCUT2D eigenvalue weighted by Crippen LogP contribution is 2.44. The number of benzene rings is 3. The lowest BCUT2D eigenvalue weighted by atomic mass is 9.79. The molecule has 1 heterocycles. The van der Waals surface area contributed by atoms with Gasteiger partial charge in [0.25, 0.3) is 5.91 Å². The van der Waals surface area contributed by atoms with E-state index in [0.29, 0.717) is 29.3 Å². The lowest BCUT2D eigenvalue weighted by Gasteiger charge is -2.28. The van der Waals surface area contributed by atoms with Crippen LogP contribution in [0.5, 0.6) is 0 Å². The van der Waals surface area contributed by atoms with E-state index in [1.807, 2.05) is 72.8 Å². The second-order valence-electron chi connectivity index (χ2n) is 12.2. The van der Waals surface area contributed by atoms with Crippen LogP contribution < -0.4 is 10.2 Å². The first-order valence-corrected chi connectivity index (χ1v) is 16.2. The molecule has 0 aromatic heterocycles. The molecule has 2 amide bonds. The number of ketones is 1. The molecule has 0 saturated heterocycles. The third-order valence-electron chi connectivity index (χ3n) is 9.32. The topological polar surface area (TPSA) is 102 Å². The maximum atomic E-state index is 14.0. The summed E-state index contributed by atoms with van der Waals surface area (Å²) in [4.78, 5) is 43.2. The number of hydrogen-bond donors (Lipinski definition) is 2. The van der Waals surface area contributed by atoms with E-state index in [0.717, 1.165) is 55.6 Å². The minimum absolute atomic E-state index is 0.0420. The van der Waals surface area contributed by atoms with Crippen LogP contribution in [-0.2, 0) is 14.4 Å². The molecule has 6 rings (SSSR count). The van der Waals surface area contributed by atoms with E-state index in [1.54, 1.807) is 13.0 Å². The van der Waals surface area contributed by atoms with Gasteiger partial charge in [0.1, 0.15) is 11.8 Å². The summed E-state index contributed by atoms with van der Waals surface area (Å²) in [5.41, 5.74) is 4.06. The quantitative estimate of drug-likeness (QED) is 0.235. The van der Waals surface area contributed by atoms with Crippen molar-refractivity contribution in [2.45, 2.75) is 58.9 Å². The number of hydrogen-bond acceptors (Lipinski definition) is 6. The summed E-state index contributed by atoms with van der Waals surface area (Å²) in [6.07, 6.45) is 4.80. The SMILES string of the molecule is CCN(CC)c1ccc(C2=C(O)C(=C3C(=O)N(C(c4ccccc4)c4ccccc4)N=C3C)C2=O)c(NC(=O)CC2CCCC2)c1. The van der Waals surface area contributed by atoms with Crippen LogP contribution in [0.2, 0.25) is 0 Å². The van der Waals surface area contributed by atoms with Gasteiger partial charge in [-0.2, -0.15) is 5.10 Å². The summed E-state index contributed by atoms with van der Waals surface area (Å²) in [5.74, 6) is -0.908. The third kappa shape index (κ3) is 5.75. The lowest BCUT2D eigenvalue weighted by molar-refractivity contribution is -0.127. The van der Waals surface area contributed by atoms with E-state index in [2.05, 4.69) is 29.2 Å². The third-order valence-corrected chi connectivity index (χ3v) is 9.32. The number of amides is 2. The molecule has 8 nitrogen and oxygen atoms in total. The van der Waals surface area contributed by atoms with Crippen molar-refractivity contribution < 1.29 is 19.5 Å². The fourth-order valence-corrected chi connectivity index (χ4v) is 6.94. The van der Waals surface area contributed by atoms with Crippen molar-refractivity contribution in [2.75, 3.05) is 23.3 Å². The fourth-order valence-electron chi connectivity index (χ4n) is 6.94. The van der Waals surface area contributed by atoms with Gasteiger partial charge >= 0.3 is 0 Å². The van der Waals surface area contributed by atoms with E-state index in [9.17, 15) is 19.5 Å². The van der Waals surface area contributed by atoms with E-state index < -0.39 is 17.7 Å². The largest absolute Gasteiger partial charge is 0.506 e. The van der Waals surface area contributed by atoms with Gasteiger partial charge in [0, 0.05) is 30.8 Å². The van der Waals surface area contributed by atoms with Crippen LogP contribution in [0, 0.1) is 5.92 Å². The molecule has 0 radical (unpaired) electrons. The Kier molecular flexibility index (Phi) is 8.88. The molecule has 8 heteroatoms. The predicted molar refractivity (Wildman–Crippen MR) is 181 cm³/mol. The molecule has 2 aliphatic carbocycles. The highest BCUT2D eigenvalue weighted by molar-refractivity contribution is 6.44. The Labute approximate surface area is 270 Å². The maximum absolute atomic E-state index is 14.0. The van der Waals surface area contributed by atoms with Gasteiger partial charge in [-0.1, -0.05) is 73.5 Å². The van der Waals surface area contributed by atoms with Crippen molar-refractivity contribution in [2.24, 2.45) is 11.0 Å². The van der Waals surface area contributed by atoms with Crippen molar-refractivity contribution in [3.8, 4) is 0 Å². The number of nitrogens with one attached hydrogen (secondary N) is 1. The molecule has 236 valence electrons. The molecule has 1 fully saturated rings. The number of hydrazone groups is 1.